The van der Waals surface area contributed by atoms with Gasteiger partial charge < -0.3 is 10.6 Å². The van der Waals surface area contributed by atoms with Crippen LogP contribution >= 0.6 is 0 Å². The molecule has 1 rings (SSSR count). The first-order valence-corrected chi connectivity index (χ1v) is 6.97. The van der Waals surface area contributed by atoms with Crippen LogP contribution in [0.5, 0.6) is 0 Å². The number of amides is 1. The molecule has 17 heavy (non-hydrogen) atoms. The summed E-state index contributed by atoms with van der Waals surface area (Å²) in [6.45, 7) is 5.89. The Labute approximate surface area is 106 Å². The molecule has 3 heteroatoms. The summed E-state index contributed by atoms with van der Waals surface area (Å²) in [5.41, 5.74) is 5.45. The van der Waals surface area contributed by atoms with E-state index in [-0.39, 0.29) is 5.41 Å². The van der Waals surface area contributed by atoms with Crippen molar-refractivity contribution in [2.75, 3.05) is 20.1 Å². The quantitative estimate of drug-likeness (QED) is 0.775. The number of nitrogens with two attached hydrogens (primary N) is 1. The second kappa shape index (κ2) is 6.39. The normalized spacial score (nSPS) is 18.6. The average molecular weight is 240 g/mol. The number of carbonyl (C=O) groups is 1. The molecule has 0 spiro atoms. The van der Waals surface area contributed by atoms with Crippen molar-refractivity contribution < 1.29 is 4.79 Å². The van der Waals surface area contributed by atoms with Crippen LogP contribution in [0.4, 0.5) is 0 Å². The summed E-state index contributed by atoms with van der Waals surface area (Å²) >= 11 is 0. The van der Waals surface area contributed by atoms with Gasteiger partial charge in [0.05, 0.1) is 0 Å². The first-order valence-electron chi connectivity index (χ1n) is 6.97. The smallest absolute Gasteiger partial charge is 0.228 e. The van der Waals surface area contributed by atoms with Crippen molar-refractivity contribution in [2.45, 2.75) is 52.4 Å². The Kier molecular flexibility index (Phi) is 5.44. The van der Waals surface area contributed by atoms with Crippen molar-refractivity contribution in [2.24, 2.45) is 17.1 Å². The van der Waals surface area contributed by atoms with E-state index in [0.717, 1.165) is 32.2 Å². The van der Waals surface area contributed by atoms with Gasteiger partial charge in [-0.2, -0.15) is 0 Å². The predicted octanol–water partition coefficient (Wildman–Crippen LogP) is 2.40. The molecular formula is C14H28N2O. The number of hydrogen-bond acceptors (Lipinski definition) is 2. The third-order valence-electron chi connectivity index (χ3n) is 3.86. The first-order chi connectivity index (χ1) is 8.02. The summed E-state index contributed by atoms with van der Waals surface area (Å²) in [6.07, 6.45) is 6.53. The third kappa shape index (κ3) is 3.70. The van der Waals surface area contributed by atoms with Crippen LogP contribution in [0.25, 0.3) is 0 Å². The molecule has 0 aromatic rings. The number of rotatable bonds is 6. The van der Waals surface area contributed by atoms with Crippen LogP contribution < -0.4 is 5.73 Å². The Bertz CT molecular complexity index is 245. The van der Waals surface area contributed by atoms with Gasteiger partial charge in [-0.05, 0) is 38.1 Å². The predicted molar refractivity (Wildman–Crippen MR) is 71.7 cm³/mol. The van der Waals surface area contributed by atoms with Crippen LogP contribution in [0.15, 0.2) is 0 Å². The number of hydrogen-bond donors (Lipinski definition) is 1. The minimum Gasteiger partial charge on any atom is -0.345 e. The van der Waals surface area contributed by atoms with E-state index in [4.69, 9.17) is 5.73 Å². The average Bonchev–Trinajstić information content (AvgIpc) is 2.73. The number of nitrogens with zero attached hydrogens (tertiary/aromatic N) is 1. The lowest BCUT2D eigenvalue weighted by Crippen LogP contribution is -2.42. The van der Waals surface area contributed by atoms with E-state index in [1.165, 1.54) is 12.8 Å². The minimum atomic E-state index is -0.0580. The van der Waals surface area contributed by atoms with Gasteiger partial charge in [-0.25, -0.2) is 0 Å². The number of carbonyl (C=O) groups excluding carboxylic acids is 1. The Morgan fingerprint density at radius 2 is 1.94 bits per heavy atom. The highest BCUT2D eigenvalue weighted by Gasteiger charge is 2.42. The molecule has 3 nitrogen and oxygen atoms in total. The van der Waals surface area contributed by atoms with E-state index in [9.17, 15) is 4.79 Å². The van der Waals surface area contributed by atoms with Gasteiger partial charge in [0.2, 0.25) is 5.91 Å². The molecule has 1 fully saturated rings. The summed E-state index contributed by atoms with van der Waals surface area (Å²) in [6, 6.07) is 0. The Morgan fingerprint density at radius 3 is 2.41 bits per heavy atom. The van der Waals surface area contributed by atoms with Gasteiger partial charge in [-0.1, -0.05) is 26.7 Å². The van der Waals surface area contributed by atoms with E-state index in [1.807, 2.05) is 11.9 Å². The minimum absolute atomic E-state index is 0.0580. The van der Waals surface area contributed by atoms with Crippen molar-refractivity contribution in [1.29, 1.82) is 0 Å². The van der Waals surface area contributed by atoms with Crippen molar-refractivity contribution >= 4 is 5.91 Å². The van der Waals surface area contributed by atoms with Crippen LogP contribution in [0.1, 0.15) is 52.4 Å². The molecule has 1 amide bonds. The third-order valence-corrected chi connectivity index (χ3v) is 3.86. The molecule has 0 radical (unpaired) electrons. The summed E-state index contributed by atoms with van der Waals surface area (Å²) < 4.78 is 0. The largest absolute Gasteiger partial charge is 0.345 e. The fourth-order valence-electron chi connectivity index (χ4n) is 3.17. The van der Waals surface area contributed by atoms with Gasteiger partial charge in [0.1, 0.15) is 0 Å². The van der Waals surface area contributed by atoms with E-state index >= 15 is 0 Å². The van der Waals surface area contributed by atoms with E-state index in [0.29, 0.717) is 18.4 Å². The maximum atomic E-state index is 12.6. The lowest BCUT2D eigenvalue weighted by atomic mass is 9.77. The standard InChI is InChI=1S/C14H28N2O/c1-12(2)11-14(7-4-5-8-14)13(17)16(3)10-6-9-15/h12H,4-11,15H2,1-3H3. The van der Waals surface area contributed by atoms with E-state index in [1.54, 1.807) is 0 Å². The molecule has 1 aliphatic rings. The van der Waals surface area contributed by atoms with E-state index in [2.05, 4.69) is 13.8 Å². The molecule has 0 saturated heterocycles. The van der Waals surface area contributed by atoms with Gasteiger partial charge in [0.15, 0.2) is 0 Å². The lowest BCUT2D eigenvalue weighted by Gasteiger charge is -2.33. The zero-order chi connectivity index (χ0) is 12.9. The molecule has 0 aromatic carbocycles. The lowest BCUT2D eigenvalue weighted by molar-refractivity contribution is -0.141. The molecule has 0 bridgehead atoms. The summed E-state index contributed by atoms with van der Waals surface area (Å²) in [7, 11) is 1.93. The highest BCUT2D eigenvalue weighted by atomic mass is 16.2. The fraction of sp³-hybridized carbons (Fsp3) is 0.929. The van der Waals surface area contributed by atoms with Crippen molar-refractivity contribution in [1.82, 2.24) is 4.90 Å². The van der Waals surface area contributed by atoms with Gasteiger partial charge in [-0.3, -0.25) is 4.79 Å². The Balaban J connectivity index is 2.66. The van der Waals surface area contributed by atoms with Crippen LogP contribution in [0.2, 0.25) is 0 Å². The molecule has 0 atom stereocenters. The fourth-order valence-corrected chi connectivity index (χ4v) is 3.17. The van der Waals surface area contributed by atoms with Gasteiger partial charge in [0, 0.05) is 19.0 Å². The maximum Gasteiger partial charge on any atom is 0.228 e. The van der Waals surface area contributed by atoms with Crippen molar-refractivity contribution in [3.8, 4) is 0 Å². The van der Waals surface area contributed by atoms with Crippen LogP contribution in [-0.2, 0) is 4.79 Å². The molecule has 0 unspecified atom stereocenters. The SMILES string of the molecule is CC(C)CC1(C(=O)N(C)CCCN)CCCC1. The van der Waals surface area contributed by atoms with Crippen LogP contribution in [0.3, 0.4) is 0 Å². The van der Waals surface area contributed by atoms with Crippen LogP contribution in [0, 0.1) is 11.3 Å². The van der Waals surface area contributed by atoms with Crippen LogP contribution in [-0.4, -0.2) is 30.9 Å². The summed E-state index contributed by atoms with van der Waals surface area (Å²) in [5.74, 6) is 0.956. The Morgan fingerprint density at radius 1 is 1.35 bits per heavy atom. The highest BCUT2D eigenvalue weighted by Crippen LogP contribution is 2.44. The van der Waals surface area contributed by atoms with Crippen molar-refractivity contribution in [3.63, 3.8) is 0 Å². The highest BCUT2D eigenvalue weighted by molar-refractivity contribution is 5.82. The second-order valence-corrected chi connectivity index (χ2v) is 5.95. The molecule has 1 aliphatic carbocycles. The molecular weight excluding hydrogens is 212 g/mol. The second-order valence-electron chi connectivity index (χ2n) is 5.95. The summed E-state index contributed by atoms with van der Waals surface area (Å²) in [5, 5.41) is 0. The molecule has 1 saturated carbocycles. The van der Waals surface area contributed by atoms with E-state index < -0.39 is 0 Å². The Hall–Kier alpha value is -0.570. The summed E-state index contributed by atoms with van der Waals surface area (Å²) in [4.78, 5) is 14.5. The first kappa shape index (κ1) is 14.5. The molecule has 0 aromatic heterocycles. The van der Waals surface area contributed by atoms with Gasteiger partial charge in [0.25, 0.3) is 0 Å². The monoisotopic (exact) mass is 240 g/mol. The zero-order valence-corrected chi connectivity index (χ0v) is 11.7. The topological polar surface area (TPSA) is 46.3 Å². The van der Waals surface area contributed by atoms with Gasteiger partial charge >= 0.3 is 0 Å². The molecule has 0 heterocycles. The molecule has 100 valence electrons. The molecule has 2 N–H and O–H groups in total. The van der Waals surface area contributed by atoms with Gasteiger partial charge in [-0.15, -0.1) is 0 Å². The zero-order valence-electron chi connectivity index (χ0n) is 11.7. The maximum absolute atomic E-state index is 12.6. The molecule has 0 aliphatic heterocycles. The van der Waals surface area contributed by atoms with Crippen molar-refractivity contribution in [3.05, 3.63) is 0 Å².